The average molecular weight is 232 g/mol. The summed E-state index contributed by atoms with van der Waals surface area (Å²) in [6.07, 6.45) is 0.902. The summed E-state index contributed by atoms with van der Waals surface area (Å²) >= 11 is 0. The molecule has 0 amide bonds. The highest BCUT2D eigenvalue weighted by Crippen LogP contribution is 2.18. The smallest absolute Gasteiger partial charge is 0.251 e. The number of halogens is 3. The second kappa shape index (κ2) is 5.18. The molecule has 0 saturated carbocycles. The molecule has 0 spiro atoms. The van der Waals surface area contributed by atoms with Crippen LogP contribution >= 0.6 is 0 Å². The second-order valence-corrected chi connectivity index (χ2v) is 3.91. The van der Waals surface area contributed by atoms with Crippen LogP contribution in [0, 0.1) is 23.5 Å². The third kappa shape index (κ3) is 2.87. The van der Waals surface area contributed by atoms with Gasteiger partial charge >= 0.3 is 0 Å². The zero-order valence-electron chi connectivity index (χ0n) is 9.52. The normalized spacial score (nSPS) is 14.6. The predicted octanol–water partition coefficient (Wildman–Crippen LogP) is 3.35. The Balaban J connectivity index is 2.85. The lowest BCUT2D eigenvalue weighted by molar-refractivity contribution is 0.458. The summed E-state index contributed by atoms with van der Waals surface area (Å²) in [6.45, 7) is 5.82. The fraction of sp³-hybridized carbons (Fsp3) is 0.545. The van der Waals surface area contributed by atoms with Gasteiger partial charge in [0.15, 0.2) is 17.5 Å². The number of hydrogen-bond donors (Lipinski definition) is 1. The van der Waals surface area contributed by atoms with Gasteiger partial charge in [-0.1, -0.05) is 20.3 Å². The monoisotopic (exact) mass is 232 g/mol. The molecule has 0 aliphatic carbocycles. The van der Waals surface area contributed by atoms with E-state index in [0.717, 1.165) is 6.42 Å². The Morgan fingerprint density at radius 1 is 1.25 bits per heavy atom. The summed E-state index contributed by atoms with van der Waals surface area (Å²) in [5.41, 5.74) is 0. The highest BCUT2D eigenvalue weighted by atomic mass is 19.2. The molecule has 0 aromatic carbocycles. The van der Waals surface area contributed by atoms with Gasteiger partial charge in [-0.2, -0.15) is 9.37 Å². The van der Waals surface area contributed by atoms with Crippen LogP contribution in [0.1, 0.15) is 27.2 Å². The zero-order valence-corrected chi connectivity index (χ0v) is 9.52. The molecule has 5 heteroatoms. The molecule has 1 N–H and O–H groups in total. The van der Waals surface area contributed by atoms with E-state index >= 15 is 0 Å². The summed E-state index contributed by atoms with van der Waals surface area (Å²) in [7, 11) is 0. The number of anilines is 1. The lowest BCUT2D eigenvalue weighted by Crippen LogP contribution is -2.24. The zero-order chi connectivity index (χ0) is 12.3. The molecule has 0 bridgehead atoms. The van der Waals surface area contributed by atoms with Crippen LogP contribution in [0.4, 0.5) is 19.0 Å². The van der Waals surface area contributed by atoms with E-state index in [0.29, 0.717) is 6.07 Å². The first-order valence-corrected chi connectivity index (χ1v) is 5.23. The number of hydrogen-bond acceptors (Lipinski definition) is 2. The predicted molar refractivity (Wildman–Crippen MR) is 56.7 cm³/mol. The van der Waals surface area contributed by atoms with Crippen molar-refractivity contribution < 1.29 is 13.2 Å². The first kappa shape index (κ1) is 12.8. The summed E-state index contributed by atoms with van der Waals surface area (Å²) in [4.78, 5) is 3.20. The van der Waals surface area contributed by atoms with Gasteiger partial charge in [-0.3, -0.25) is 0 Å². The van der Waals surface area contributed by atoms with Gasteiger partial charge in [0.1, 0.15) is 0 Å². The van der Waals surface area contributed by atoms with Crippen LogP contribution in [-0.2, 0) is 0 Å². The quantitative estimate of drug-likeness (QED) is 0.805. The summed E-state index contributed by atoms with van der Waals surface area (Å²) in [6, 6.07) is 0.436. The Morgan fingerprint density at radius 3 is 2.44 bits per heavy atom. The van der Waals surface area contributed by atoms with Crippen molar-refractivity contribution in [1.82, 2.24) is 4.98 Å². The molecule has 0 saturated heterocycles. The van der Waals surface area contributed by atoms with E-state index in [1.165, 1.54) is 0 Å². The maximum Gasteiger partial charge on any atom is 0.251 e. The van der Waals surface area contributed by atoms with Gasteiger partial charge in [-0.15, -0.1) is 0 Å². The van der Waals surface area contributed by atoms with Gasteiger partial charge in [0.25, 0.3) is 5.95 Å². The van der Waals surface area contributed by atoms with Crippen LogP contribution in [0.15, 0.2) is 6.07 Å². The summed E-state index contributed by atoms with van der Waals surface area (Å²) in [5.74, 6) is -3.41. The van der Waals surface area contributed by atoms with Crippen molar-refractivity contribution in [3.63, 3.8) is 0 Å². The second-order valence-electron chi connectivity index (χ2n) is 3.91. The third-order valence-electron chi connectivity index (χ3n) is 2.75. The van der Waals surface area contributed by atoms with E-state index in [4.69, 9.17) is 0 Å². The van der Waals surface area contributed by atoms with Crippen LogP contribution < -0.4 is 5.32 Å². The minimum Gasteiger partial charge on any atom is -0.365 e. The lowest BCUT2D eigenvalue weighted by Gasteiger charge is -2.20. The number of nitrogens with one attached hydrogen (secondary N) is 1. The molecule has 0 aliphatic rings. The van der Waals surface area contributed by atoms with E-state index < -0.39 is 17.6 Å². The van der Waals surface area contributed by atoms with Crippen molar-refractivity contribution in [2.45, 2.75) is 33.2 Å². The third-order valence-corrected chi connectivity index (χ3v) is 2.75. The van der Waals surface area contributed by atoms with Gasteiger partial charge in [0.2, 0.25) is 0 Å². The Kier molecular flexibility index (Phi) is 4.15. The first-order chi connectivity index (χ1) is 7.45. The Hall–Kier alpha value is -1.26. The molecule has 2 unspecified atom stereocenters. The lowest BCUT2D eigenvalue weighted by atomic mass is 10.0. The molecular formula is C11H15F3N2. The average Bonchev–Trinajstić information content (AvgIpc) is 2.24. The summed E-state index contributed by atoms with van der Waals surface area (Å²) in [5, 5.41) is 2.74. The number of pyridine rings is 1. The van der Waals surface area contributed by atoms with Crippen LogP contribution in [0.25, 0.3) is 0 Å². The molecule has 1 aromatic heterocycles. The molecule has 0 aliphatic heterocycles. The molecule has 0 fully saturated rings. The van der Waals surface area contributed by atoms with Crippen molar-refractivity contribution in [2.24, 2.45) is 5.92 Å². The highest BCUT2D eigenvalue weighted by molar-refractivity contribution is 5.37. The number of aromatic nitrogens is 1. The number of nitrogens with zero attached hydrogens (tertiary/aromatic N) is 1. The molecule has 2 atom stereocenters. The van der Waals surface area contributed by atoms with Crippen LogP contribution in [0.5, 0.6) is 0 Å². The molecule has 90 valence electrons. The Labute approximate surface area is 92.9 Å². The molecule has 16 heavy (non-hydrogen) atoms. The molecule has 1 heterocycles. The van der Waals surface area contributed by atoms with Crippen molar-refractivity contribution in [3.05, 3.63) is 23.6 Å². The SMILES string of the molecule is CCC(C)C(C)Nc1nc(F)c(F)cc1F. The van der Waals surface area contributed by atoms with Crippen LogP contribution in [0.3, 0.4) is 0 Å². The van der Waals surface area contributed by atoms with Gasteiger partial charge in [0.05, 0.1) is 0 Å². The van der Waals surface area contributed by atoms with E-state index in [1.54, 1.807) is 0 Å². The topological polar surface area (TPSA) is 24.9 Å². The fourth-order valence-electron chi connectivity index (χ4n) is 1.26. The maximum absolute atomic E-state index is 13.2. The minimum atomic E-state index is -1.29. The van der Waals surface area contributed by atoms with Gasteiger partial charge < -0.3 is 5.32 Å². The standard InChI is InChI=1S/C11H15F3N2/c1-4-6(2)7(3)15-11-9(13)5-8(12)10(14)16-11/h5-7H,4H2,1-3H3,(H,15,16). The Morgan fingerprint density at radius 2 is 1.88 bits per heavy atom. The van der Waals surface area contributed by atoms with E-state index in [-0.39, 0.29) is 17.8 Å². The van der Waals surface area contributed by atoms with E-state index in [1.807, 2.05) is 20.8 Å². The minimum absolute atomic E-state index is 0.0585. The largest absolute Gasteiger partial charge is 0.365 e. The van der Waals surface area contributed by atoms with Crippen LogP contribution in [-0.4, -0.2) is 11.0 Å². The molecular weight excluding hydrogens is 217 g/mol. The molecule has 1 rings (SSSR count). The van der Waals surface area contributed by atoms with Gasteiger partial charge in [-0.25, -0.2) is 8.78 Å². The fourth-order valence-corrected chi connectivity index (χ4v) is 1.26. The van der Waals surface area contributed by atoms with E-state index in [9.17, 15) is 13.2 Å². The molecule has 2 nitrogen and oxygen atoms in total. The maximum atomic E-state index is 13.2. The first-order valence-electron chi connectivity index (χ1n) is 5.23. The summed E-state index contributed by atoms with van der Waals surface area (Å²) < 4.78 is 38.6. The van der Waals surface area contributed by atoms with Gasteiger partial charge in [0, 0.05) is 12.1 Å². The van der Waals surface area contributed by atoms with Crippen molar-refractivity contribution in [2.75, 3.05) is 5.32 Å². The van der Waals surface area contributed by atoms with Gasteiger partial charge in [-0.05, 0) is 12.8 Å². The van der Waals surface area contributed by atoms with Crippen molar-refractivity contribution >= 4 is 5.82 Å². The van der Waals surface area contributed by atoms with Crippen LogP contribution in [0.2, 0.25) is 0 Å². The van der Waals surface area contributed by atoms with Crippen molar-refractivity contribution in [3.8, 4) is 0 Å². The highest BCUT2D eigenvalue weighted by Gasteiger charge is 2.16. The Bertz CT molecular complexity index is 368. The molecule has 0 radical (unpaired) electrons. The van der Waals surface area contributed by atoms with Crippen molar-refractivity contribution in [1.29, 1.82) is 0 Å². The number of rotatable bonds is 4. The van der Waals surface area contributed by atoms with E-state index in [2.05, 4.69) is 10.3 Å². The molecule has 1 aromatic rings.